The highest BCUT2D eigenvalue weighted by Crippen LogP contribution is 2.16. The van der Waals surface area contributed by atoms with Crippen molar-refractivity contribution < 1.29 is 4.79 Å². The number of nitriles is 1. The molecular formula is C18H19N5O. The molecule has 6 heteroatoms. The molecule has 0 atom stereocenters. The molecule has 0 bridgehead atoms. The van der Waals surface area contributed by atoms with Crippen LogP contribution in [0.15, 0.2) is 42.6 Å². The number of hydrogen-bond donors (Lipinski definition) is 1. The van der Waals surface area contributed by atoms with Crippen molar-refractivity contribution in [1.82, 2.24) is 9.88 Å². The molecule has 24 heavy (non-hydrogen) atoms. The Morgan fingerprint density at radius 1 is 1.17 bits per heavy atom. The number of nitrogens with two attached hydrogens (primary N) is 1. The van der Waals surface area contributed by atoms with Crippen molar-refractivity contribution in [3.8, 4) is 6.07 Å². The first-order valence-corrected chi connectivity index (χ1v) is 7.90. The molecule has 2 heterocycles. The molecule has 0 saturated carbocycles. The Bertz CT molecular complexity index is 758. The van der Waals surface area contributed by atoms with E-state index in [9.17, 15) is 4.79 Å². The largest absolute Gasteiger partial charge is 0.353 e. The number of carbonyl (C=O) groups is 1. The van der Waals surface area contributed by atoms with E-state index in [1.54, 1.807) is 18.3 Å². The molecule has 0 radical (unpaired) electrons. The summed E-state index contributed by atoms with van der Waals surface area (Å²) in [7, 11) is 0. The Morgan fingerprint density at radius 2 is 1.88 bits per heavy atom. The number of carbonyl (C=O) groups excluding carboxylic acids is 1. The van der Waals surface area contributed by atoms with Gasteiger partial charge in [0.15, 0.2) is 0 Å². The smallest absolute Gasteiger partial charge is 0.253 e. The van der Waals surface area contributed by atoms with Crippen molar-refractivity contribution in [3.63, 3.8) is 0 Å². The number of amides is 1. The lowest BCUT2D eigenvalue weighted by atomic mass is 10.1. The Balaban J connectivity index is 1.63. The van der Waals surface area contributed by atoms with Crippen LogP contribution in [-0.4, -0.2) is 42.0 Å². The van der Waals surface area contributed by atoms with Crippen molar-refractivity contribution in [1.29, 1.82) is 5.26 Å². The summed E-state index contributed by atoms with van der Waals surface area (Å²) in [6, 6.07) is 13.0. The van der Waals surface area contributed by atoms with Gasteiger partial charge in [0.1, 0.15) is 5.82 Å². The van der Waals surface area contributed by atoms with Gasteiger partial charge in [-0.2, -0.15) is 5.26 Å². The van der Waals surface area contributed by atoms with Gasteiger partial charge in [0, 0.05) is 44.5 Å². The lowest BCUT2D eigenvalue weighted by molar-refractivity contribution is 0.0746. The van der Waals surface area contributed by atoms with Gasteiger partial charge in [-0.15, -0.1) is 0 Å². The van der Waals surface area contributed by atoms with Crippen LogP contribution >= 0.6 is 0 Å². The number of hydrogen-bond acceptors (Lipinski definition) is 5. The SMILES string of the molecule is N#Cc1ccnc(N2CCN(C(=O)c3ccc(CN)cc3)CC2)c1. The summed E-state index contributed by atoms with van der Waals surface area (Å²) in [6.45, 7) is 3.15. The molecule has 2 N–H and O–H groups in total. The lowest BCUT2D eigenvalue weighted by Gasteiger charge is -2.35. The Kier molecular flexibility index (Phi) is 4.73. The Labute approximate surface area is 141 Å². The first-order chi connectivity index (χ1) is 11.7. The predicted octanol–water partition coefficient (Wildman–Crippen LogP) is 1.37. The fourth-order valence-corrected chi connectivity index (χ4v) is 2.77. The first kappa shape index (κ1) is 16.0. The van der Waals surface area contributed by atoms with Crippen LogP contribution in [0.5, 0.6) is 0 Å². The van der Waals surface area contributed by atoms with Crippen molar-refractivity contribution in [2.45, 2.75) is 6.54 Å². The third-order valence-corrected chi connectivity index (χ3v) is 4.20. The zero-order valence-electron chi connectivity index (χ0n) is 13.4. The zero-order chi connectivity index (χ0) is 16.9. The highest BCUT2D eigenvalue weighted by molar-refractivity contribution is 5.94. The van der Waals surface area contributed by atoms with Gasteiger partial charge >= 0.3 is 0 Å². The van der Waals surface area contributed by atoms with E-state index in [0.29, 0.717) is 43.9 Å². The standard InChI is InChI=1S/C18H19N5O/c19-12-14-1-3-16(4-2-14)18(24)23-9-7-22(8-10-23)17-11-15(13-20)5-6-21-17/h1-6,11H,7-10,12,19H2. The number of piperazine rings is 1. The summed E-state index contributed by atoms with van der Waals surface area (Å²) in [6.07, 6.45) is 1.64. The number of pyridine rings is 1. The number of nitrogens with zero attached hydrogens (tertiary/aromatic N) is 4. The second-order valence-corrected chi connectivity index (χ2v) is 5.69. The second-order valence-electron chi connectivity index (χ2n) is 5.69. The minimum atomic E-state index is 0.0388. The van der Waals surface area contributed by atoms with Crippen LogP contribution in [0.2, 0.25) is 0 Å². The van der Waals surface area contributed by atoms with Gasteiger partial charge in [-0.25, -0.2) is 4.98 Å². The highest BCUT2D eigenvalue weighted by atomic mass is 16.2. The molecule has 3 rings (SSSR count). The molecular weight excluding hydrogens is 302 g/mol. The zero-order valence-corrected chi connectivity index (χ0v) is 13.4. The maximum Gasteiger partial charge on any atom is 0.253 e. The molecule has 1 fully saturated rings. The van der Waals surface area contributed by atoms with Crippen LogP contribution in [0, 0.1) is 11.3 Å². The summed E-state index contributed by atoms with van der Waals surface area (Å²) in [5, 5.41) is 8.98. The van der Waals surface area contributed by atoms with E-state index in [-0.39, 0.29) is 5.91 Å². The van der Waals surface area contributed by atoms with Crippen molar-refractivity contribution in [2.24, 2.45) is 5.73 Å². The summed E-state index contributed by atoms with van der Waals surface area (Å²) in [5.41, 5.74) is 7.88. The van der Waals surface area contributed by atoms with Crippen LogP contribution in [0.1, 0.15) is 21.5 Å². The maximum atomic E-state index is 12.6. The number of rotatable bonds is 3. The Morgan fingerprint density at radius 3 is 2.50 bits per heavy atom. The molecule has 1 saturated heterocycles. The molecule has 122 valence electrons. The summed E-state index contributed by atoms with van der Waals surface area (Å²) < 4.78 is 0. The van der Waals surface area contributed by atoms with Crippen molar-refractivity contribution in [2.75, 3.05) is 31.1 Å². The van der Waals surface area contributed by atoms with Crippen LogP contribution in [0.25, 0.3) is 0 Å². The molecule has 1 aromatic carbocycles. The van der Waals surface area contributed by atoms with Crippen molar-refractivity contribution >= 4 is 11.7 Å². The van der Waals surface area contributed by atoms with Gasteiger partial charge in [-0.3, -0.25) is 4.79 Å². The number of anilines is 1. The fourth-order valence-electron chi connectivity index (χ4n) is 2.77. The molecule has 6 nitrogen and oxygen atoms in total. The van der Waals surface area contributed by atoms with Crippen LogP contribution in [0.3, 0.4) is 0 Å². The monoisotopic (exact) mass is 321 g/mol. The number of benzene rings is 1. The topological polar surface area (TPSA) is 86.2 Å². The average Bonchev–Trinajstić information content (AvgIpc) is 2.67. The van der Waals surface area contributed by atoms with E-state index in [0.717, 1.165) is 11.4 Å². The summed E-state index contributed by atoms with van der Waals surface area (Å²) in [5.74, 6) is 0.824. The van der Waals surface area contributed by atoms with Crippen LogP contribution in [-0.2, 0) is 6.54 Å². The second kappa shape index (κ2) is 7.11. The van der Waals surface area contributed by atoms with E-state index in [1.807, 2.05) is 29.2 Å². The quantitative estimate of drug-likeness (QED) is 0.923. The molecule has 0 spiro atoms. The van der Waals surface area contributed by atoms with Crippen LogP contribution in [0.4, 0.5) is 5.82 Å². The third kappa shape index (κ3) is 3.36. The van der Waals surface area contributed by atoms with E-state index < -0.39 is 0 Å². The van der Waals surface area contributed by atoms with E-state index in [1.165, 1.54) is 0 Å². The Hall–Kier alpha value is -2.91. The maximum absolute atomic E-state index is 12.6. The predicted molar refractivity (Wildman–Crippen MR) is 91.4 cm³/mol. The molecule has 1 aliphatic heterocycles. The summed E-state index contributed by atoms with van der Waals surface area (Å²) >= 11 is 0. The van der Waals surface area contributed by atoms with Gasteiger partial charge in [0.05, 0.1) is 11.6 Å². The van der Waals surface area contributed by atoms with Gasteiger partial charge in [0.2, 0.25) is 0 Å². The van der Waals surface area contributed by atoms with E-state index in [2.05, 4.69) is 16.0 Å². The minimum absolute atomic E-state index is 0.0388. The van der Waals surface area contributed by atoms with E-state index in [4.69, 9.17) is 11.0 Å². The van der Waals surface area contributed by atoms with Crippen molar-refractivity contribution in [3.05, 3.63) is 59.3 Å². The fraction of sp³-hybridized carbons (Fsp3) is 0.278. The molecule has 0 aliphatic carbocycles. The molecule has 1 amide bonds. The molecule has 0 unspecified atom stereocenters. The van der Waals surface area contributed by atoms with Gasteiger partial charge in [0.25, 0.3) is 5.91 Å². The highest BCUT2D eigenvalue weighted by Gasteiger charge is 2.22. The van der Waals surface area contributed by atoms with E-state index >= 15 is 0 Å². The molecule has 1 aliphatic rings. The van der Waals surface area contributed by atoms with Crippen LogP contribution < -0.4 is 10.6 Å². The first-order valence-electron chi connectivity index (χ1n) is 7.90. The summed E-state index contributed by atoms with van der Waals surface area (Å²) in [4.78, 5) is 20.8. The number of aromatic nitrogens is 1. The molecule has 1 aromatic heterocycles. The minimum Gasteiger partial charge on any atom is -0.353 e. The third-order valence-electron chi connectivity index (χ3n) is 4.20. The van der Waals surface area contributed by atoms with Gasteiger partial charge in [-0.05, 0) is 29.8 Å². The normalized spacial score (nSPS) is 14.3. The average molecular weight is 321 g/mol. The van der Waals surface area contributed by atoms with Gasteiger partial charge < -0.3 is 15.5 Å². The lowest BCUT2D eigenvalue weighted by Crippen LogP contribution is -2.49. The molecule has 2 aromatic rings. The van der Waals surface area contributed by atoms with Gasteiger partial charge in [-0.1, -0.05) is 12.1 Å².